The van der Waals surface area contributed by atoms with Crippen molar-refractivity contribution in [2.75, 3.05) is 32.7 Å². The highest BCUT2D eigenvalue weighted by Gasteiger charge is 2.31. The van der Waals surface area contributed by atoms with E-state index in [0.29, 0.717) is 43.9 Å². The third kappa shape index (κ3) is 4.61. The molecule has 176 valence electrons. The molecule has 2 aromatic carbocycles. The Morgan fingerprint density at radius 2 is 1.65 bits per heavy atom. The molecule has 34 heavy (non-hydrogen) atoms. The van der Waals surface area contributed by atoms with Gasteiger partial charge in [-0.3, -0.25) is 19.6 Å². The Labute approximate surface area is 200 Å². The van der Waals surface area contributed by atoms with Gasteiger partial charge in [0.2, 0.25) is 0 Å². The Kier molecular flexibility index (Phi) is 6.20. The van der Waals surface area contributed by atoms with Crippen molar-refractivity contribution in [2.24, 2.45) is 0 Å². The number of hydrogen-bond acceptors (Lipinski definition) is 4. The SMILES string of the molecule is Cc1ccc(CN2CCN(C(=O)c3n[nH]c4c3CN(C(=O)c3cccc(C)c3)CC4)CC2)cc1. The normalized spacial score (nSPS) is 16.4. The Hall–Kier alpha value is -3.45. The van der Waals surface area contributed by atoms with E-state index >= 15 is 0 Å². The summed E-state index contributed by atoms with van der Waals surface area (Å²) in [7, 11) is 0. The Balaban J connectivity index is 1.23. The largest absolute Gasteiger partial charge is 0.335 e. The van der Waals surface area contributed by atoms with Crippen LogP contribution >= 0.6 is 0 Å². The third-order valence-electron chi connectivity index (χ3n) is 6.87. The number of aromatic nitrogens is 2. The highest BCUT2D eigenvalue weighted by molar-refractivity contribution is 5.96. The van der Waals surface area contributed by atoms with Crippen LogP contribution in [0.15, 0.2) is 48.5 Å². The van der Waals surface area contributed by atoms with Gasteiger partial charge in [0.05, 0.1) is 6.54 Å². The van der Waals surface area contributed by atoms with Gasteiger partial charge in [-0.05, 0) is 31.5 Å². The minimum Gasteiger partial charge on any atom is -0.335 e. The fraction of sp³-hybridized carbons (Fsp3) is 0.370. The van der Waals surface area contributed by atoms with Crippen molar-refractivity contribution in [2.45, 2.75) is 33.4 Å². The van der Waals surface area contributed by atoms with E-state index in [1.54, 1.807) is 0 Å². The number of H-pyrrole nitrogens is 1. The molecule has 0 radical (unpaired) electrons. The summed E-state index contributed by atoms with van der Waals surface area (Å²) >= 11 is 0. The molecule has 2 aliphatic heterocycles. The van der Waals surface area contributed by atoms with E-state index < -0.39 is 0 Å². The fourth-order valence-corrected chi connectivity index (χ4v) is 4.82. The standard InChI is InChI=1S/C27H31N5O2/c1-19-6-8-21(9-7-19)17-30-12-14-31(15-13-30)27(34)25-23-18-32(11-10-24(23)28-29-25)26(33)22-5-3-4-20(2)16-22/h3-9,16H,10-15,17-18H2,1-2H3,(H,28,29). The first kappa shape index (κ1) is 22.3. The molecule has 7 heteroatoms. The van der Waals surface area contributed by atoms with Crippen LogP contribution in [0.4, 0.5) is 0 Å². The van der Waals surface area contributed by atoms with Gasteiger partial charge in [0.25, 0.3) is 11.8 Å². The lowest BCUT2D eigenvalue weighted by atomic mass is 10.0. The predicted molar refractivity (Wildman–Crippen MR) is 131 cm³/mol. The summed E-state index contributed by atoms with van der Waals surface area (Å²) in [5.41, 5.74) is 6.59. The number of carbonyl (C=O) groups is 2. The molecule has 0 unspecified atom stereocenters. The maximum absolute atomic E-state index is 13.3. The van der Waals surface area contributed by atoms with Gasteiger partial charge in [-0.25, -0.2) is 0 Å². The molecule has 1 N–H and O–H groups in total. The zero-order valence-corrected chi connectivity index (χ0v) is 19.9. The molecule has 3 aromatic rings. The first-order valence-electron chi connectivity index (χ1n) is 12.0. The Bertz CT molecular complexity index is 1190. The van der Waals surface area contributed by atoms with E-state index in [1.165, 1.54) is 11.1 Å². The lowest BCUT2D eigenvalue weighted by Gasteiger charge is -2.35. The van der Waals surface area contributed by atoms with Gasteiger partial charge in [-0.2, -0.15) is 5.10 Å². The number of benzene rings is 2. The van der Waals surface area contributed by atoms with E-state index in [2.05, 4.69) is 46.3 Å². The number of hydrogen-bond donors (Lipinski definition) is 1. The molecular formula is C27H31N5O2. The third-order valence-corrected chi connectivity index (χ3v) is 6.87. The second-order valence-electron chi connectivity index (χ2n) is 9.43. The lowest BCUT2D eigenvalue weighted by molar-refractivity contribution is 0.0615. The Morgan fingerprint density at radius 1 is 0.882 bits per heavy atom. The molecule has 0 aliphatic carbocycles. The average Bonchev–Trinajstić information content (AvgIpc) is 3.28. The van der Waals surface area contributed by atoms with E-state index in [-0.39, 0.29) is 11.8 Å². The Morgan fingerprint density at radius 3 is 2.38 bits per heavy atom. The summed E-state index contributed by atoms with van der Waals surface area (Å²) in [6, 6.07) is 16.3. The summed E-state index contributed by atoms with van der Waals surface area (Å²) in [6.07, 6.45) is 0.678. The summed E-state index contributed by atoms with van der Waals surface area (Å²) in [6.45, 7) is 9.04. The first-order valence-corrected chi connectivity index (χ1v) is 12.0. The minimum absolute atomic E-state index is 0.00123. The monoisotopic (exact) mass is 457 g/mol. The molecule has 0 spiro atoms. The van der Waals surface area contributed by atoms with Crippen molar-refractivity contribution >= 4 is 11.8 Å². The number of carbonyl (C=O) groups excluding carboxylic acids is 2. The van der Waals surface area contributed by atoms with Gasteiger partial charge < -0.3 is 9.80 Å². The molecule has 5 rings (SSSR count). The molecule has 0 bridgehead atoms. The number of aromatic amines is 1. The molecule has 2 amide bonds. The zero-order chi connectivity index (χ0) is 23.7. The van der Waals surface area contributed by atoms with Crippen molar-refractivity contribution in [3.8, 4) is 0 Å². The van der Waals surface area contributed by atoms with Crippen molar-refractivity contribution in [1.82, 2.24) is 24.9 Å². The van der Waals surface area contributed by atoms with E-state index in [0.717, 1.165) is 36.5 Å². The summed E-state index contributed by atoms with van der Waals surface area (Å²) in [5.74, 6) is -0.0454. The molecule has 1 fully saturated rings. The van der Waals surface area contributed by atoms with Crippen LogP contribution in [0.25, 0.3) is 0 Å². The molecule has 2 aliphatic rings. The summed E-state index contributed by atoms with van der Waals surface area (Å²) in [4.78, 5) is 32.5. The van der Waals surface area contributed by atoms with Gasteiger partial charge in [0, 0.05) is 62.5 Å². The number of aryl methyl sites for hydroxylation is 2. The maximum Gasteiger partial charge on any atom is 0.274 e. The van der Waals surface area contributed by atoms with Crippen LogP contribution in [-0.2, 0) is 19.5 Å². The lowest BCUT2D eigenvalue weighted by Crippen LogP contribution is -2.48. The molecule has 3 heterocycles. The van der Waals surface area contributed by atoms with Crippen LogP contribution in [0.2, 0.25) is 0 Å². The van der Waals surface area contributed by atoms with Crippen molar-refractivity contribution in [3.05, 3.63) is 87.7 Å². The smallest absolute Gasteiger partial charge is 0.274 e. The molecule has 1 aromatic heterocycles. The fourth-order valence-electron chi connectivity index (χ4n) is 4.82. The molecule has 7 nitrogen and oxygen atoms in total. The van der Waals surface area contributed by atoms with Gasteiger partial charge in [-0.1, -0.05) is 47.5 Å². The topological polar surface area (TPSA) is 72.5 Å². The van der Waals surface area contributed by atoms with Crippen LogP contribution in [0.1, 0.15) is 48.8 Å². The van der Waals surface area contributed by atoms with Crippen LogP contribution in [0, 0.1) is 13.8 Å². The quantitative estimate of drug-likeness (QED) is 0.653. The van der Waals surface area contributed by atoms with E-state index in [9.17, 15) is 9.59 Å². The van der Waals surface area contributed by atoms with Gasteiger partial charge in [-0.15, -0.1) is 0 Å². The number of rotatable bonds is 4. The average molecular weight is 458 g/mol. The maximum atomic E-state index is 13.3. The number of piperazine rings is 1. The van der Waals surface area contributed by atoms with Gasteiger partial charge >= 0.3 is 0 Å². The number of nitrogens with one attached hydrogen (secondary N) is 1. The van der Waals surface area contributed by atoms with Crippen LogP contribution < -0.4 is 0 Å². The van der Waals surface area contributed by atoms with E-state index in [1.807, 2.05) is 41.0 Å². The molecular weight excluding hydrogens is 426 g/mol. The zero-order valence-electron chi connectivity index (χ0n) is 19.9. The number of nitrogens with zero attached hydrogens (tertiary/aromatic N) is 4. The number of fused-ring (bicyclic) bond motifs is 1. The second-order valence-corrected chi connectivity index (χ2v) is 9.43. The molecule has 0 atom stereocenters. The van der Waals surface area contributed by atoms with Gasteiger partial charge in [0.15, 0.2) is 5.69 Å². The minimum atomic E-state index is -0.0441. The number of amides is 2. The molecule has 0 saturated carbocycles. The van der Waals surface area contributed by atoms with Crippen molar-refractivity contribution in [3.63, 3.8) is 0 Å². The summed E-state index contributed by atoms with van der Waals surface area (Å²) < 4.78 is 0. The highest BCUT2D eigenvalue weighted by Crippen LogP contribution is 2.24. The van der Waals surface area contributed by atoms with Crippen molar-refractivity contribution < 1.29 is 9.59 Å². The first-order chi connectivity index (χ1) is 16.5. The van der Waals surface area contributed by atoms with Crippen LogP contribution in [0.3, 0.4) is 0 Å². The van der Waals surface area contributed by atoms with Crippen LogP contribution in [-0.4, -0.2) is 69.4 Å². The second kappa shape index (κ2) is 9.43. The van der Waals surface area contributed by atoms with Crippen LogP contribution in [0.5, 0.6) is 0 Å². The van der Waals surface area contributed by atoms with Crippen molar-refractivity contribution in [1.29, 1.82) is 0 Å². The van der Waals surface area contributed by atoms with Gasteiger partial charge in [0.1, 0.15) is 0 Å². The summed E-state index contributed by atoms with van der Waals surface area (Å²) in [5, 5.41) is 7.44. The van der Waals surface area contributed by atoms with E-state index in [4.69, 9.17) is 0 Å². The highest BCUT2D eigenvalue weighted by atomic mass is 16.2. The predicted octanol–water partition coefficient (Wildman–Crippen LogP) is 3.18. The molecule has 1 saturated heterocycles.